The molecule has 9 heteroatoms. The highest BCUT2D eigenvalue weighted by Crippen LogP contribution is 2.34. The van der Waals surface area contributed by atoms with Crippen molar-refractivity contribution in [2.45, 2.75) is 25.6 Å². The number of carboxylic acid groups (broad SMARTS) is 1. The Morgan fingerprint density at radius 3 is 2.75 bits per heavy atom. The molecule has 2 aliphatic heterocycles. The number of likely N-dealkylation sites (N-methyl/N-ethyl adjacent to an activating group) is 1. The van der Waals surface area contributed by atoms with Crippen LogP contribution in [0.25, 0.3) is 10.9 Å². The Bertz CT molecular complexity index is 1020. The molecule has 150 valence electrons. The van der Waals surface area contributed by atoms with Crippen molar-refractivity contribution in [3.8, 4) is 0 Å². The number of aromatic carboxylic acids is 1. The predicted octanol–water partition coefficient (Wildman–Crippen LogP) is 1.52. The topological polar surface area (TPSA) is 75.0 Å². The summed E-state index contributed by atoms with van der Waals surface area (Å²) in [6.07, 6.45) is 0.967. The van der Waals surface area contributed by atoms with Gasteiger partial charge in [-0.1, -0.05) is 0 Å². The van der Waals surface area contributed by atoms with E-state index in [9.17, 15) is 19.1 Å². The lowest BCUT2D eigenvalue weighted by Crippen LogP contribution is -2.48. The van der Waals surface area contributed by atoms with Crippen LogP contribution in [0, 0.1) is 11.6 Å². The number of hydrogen-bond acceptors (Lipinski definition) is 5. The molecule has 0 amide bonds. The van der Waals surface area contributed by atoms with Crippen LogP contribution in [0.15, 0.2) is 17.1 Å². The third-order valence-electron chi connectivity index (χ3n) is 5.70. The molecule has 0 aliphatic carbocycles. The molecule has 4 rings (SSSR count). The first-order chi connectivity index (χ1) is 13.3. The van der Waals surface area contributed by atoms with Crippen LogP contribution in [0.1, 0.15) is 17.3 Å². The number of nitrogens with zero attached hydrogens (tertiary/aromatic N) is 3. The van der Waals surface area contributed by atoms with Crippen LogP contribution in [-0.4, -0.2) is 66.0 Å². The summed E-state index contributed by atoms with van der Waals surface area (Å²) in [6, 6.07) is 0.979. The highest BCUT2D eigenvalue weighted by Gasteiger charge is 2.40. The molecule has 2 unspecified atom stereocenters. The Balaban J connectivity index is 1.88. The quantitative estimate of drug-likeness (QED) is 0.852. The Labute approximate surface area is 159 Å². The lowest BCUT2D eigenvalue weighted by molar-refractivity contribution is -0.0362. The van der Waals surface area contributed by atoms with Crippen LogP contribution in [0.2, 0.25) is 0 Å². The van der Waals surface area contributed by atoms with Crippen molar-refractivity contribution in [3.05, 3.63) is 39.7 Å². The minimum absolute atomic E-state index is 0.0333. The number of morpholine rings is 1. The van der Waals surface area contributed by atoms with Crippen molar-refractivity contribution in [1.82, 2.24) is 9.47 Å². The van der Waals surface area contributed by atoms with Crippen LogP contribution in [-0.2, 0) is 11.3 Å². The largest absolute Gasteiger partial charge is 0.477 e. The van der Waals surface area contributed by atoms with E-state index in [2.05, 4.69) is 4.90 Å². The SMILES string of the molecule is CCn1cc(C(=O)O)c(=O)c2cc(F)c(N3CC4OCCN(C)C4C3)c(F)c21. The first kappa shape index (κ1) is 18.8. The maximum absolute atomic E-state index is 15.5. The molecule has 2 aliphatic rings. The van der Waals surface area contributed by atoms with Gasteiger partial charge >= 0.3 is 5.97 Å². The maximum atomic E-state index is 15.5. The monoisotopic (exact) mass is 393 g/mol. The number of aromatic nitrogens is 1. The van der Waals surface area contributed by atoms with Gasteiger partial charge in [-0.05, 0) is 20.0 Å². The van der Waals surface area contributed by atoms with Crippen molar-refractivity contribution in [2.75, 3.05) is 38.2 Å². The number of carbonyl (C=O) groups is 1. The number of ether oxygens (including phenoxy) is 1. The molecule has 0 spiro atoms. The van der Waals surface area contributed by atoms with E-state index in [1.807, 2.05) is 7.05 Å². The third kappa shape index (κ3) is 2.77. The summed E-state index contributed by atoms with van der Waals surface area (Å²) >= 11 is 0. The van der Waals surface area contributed by atoms with Gasteiger partial charge in [-0.3, -0.25) is 9.69 Å². The van der Waals surface area contributed by atoms with Crippen LogP contribution in [0.5, 0.6) is 0 Å². The van der Waals surface area contributed by atoms with Crippen molar-refractivity contribution in [1.29, 1.82) is 0 Å². The number of hydrogen-bond donors (Lipinski definition) is 1. The standard InChI is InChI=1S/C19H21F2N3O4/c1-3-23-7-11(19(26)27)18(25)10-6-12(20)17(15(21)16(10)23)24-8-13-14(9-24)28-5-4-22(13)2/h6-7,13-14H,3-5,8-9H2,1-2H3,(H,26,27). The summed E-state index contributed by atoms with van der Waals surface area (Å²) in [6.45, 7) is 4.01. The highest BCUT2D eigenvalue weighted by atomic mass is 19.1. The van der Waals surface area contributed by atoms with Gasteiger partial charge in [-0.15, -0.1) is 0 Å². The highest BCUT2D eigenvalue weighted by molar-refractivity contribution is 5.93. The fourth-order valence-corrected chi connectivity index (χ4v) is 4.21. The molecule has 1 N–H and O–H groups in total. The van der Waals surface area contributed by atoms with Gasteiger partial charge < -0.3 is 19.3 Å². The summed E-state index contributed by atoms with van der Waals surface area (Å²) in [5.41, 5.74) is -1.69. The normalized spacial score (nSPS) is 22.6. The Kier molecular flexibility index (Phi) is 4.59. The van der Waals surface area contributed by atoms with Gasteiger partial charge in [-0.25, -0.2) is 13.6 Å². The van der Waals surface area contributed by atoms with E-state index in [0.717, 1.165) is 18.8 Å². The lowest BCUT2D eigenvalue weighted by Gasteiger charge is -2.33. The van der Waals surface area contributed by atoms with Gasteiger partial charge in [0, 0.05) is 32.4 Å². The van der Waals surface area contributed by atoms with Gasteiger partial charge in [0.25, 0.3) is 0 Å². The molecule has 7 nitrogen and oxygen atoms in total. The average molecular weight is 393 g/mol. The first-order valence-corrected chi connectivity index (χ1v) is 9.18. The van der Waals surface area contributed by atoms with E-state index in [1.54, 1.807) is 11.8 Å². The van der Waals surface area contributed by atoms with Gasteiger partial charge in [0.05, 0.1) is 29.7 Å². The van der Waals surface area contributed by atoms with Crippen molar-refractivity contribution in [2.24, 2.45) is 0 Å². The van der Waals surface area contributed by atoms with Gasteiger partial charge in [0.2, 0.25) is 5.43 Å². The smallest absolute Gasteiger partial charge is 0.341 e. The Hall–Kier alpha value is -2.52. The number of rotatable bonds is 3. The zero-order chi connectivity index (χ0) is 20.2. The maximum Gasteiger partial charge on any atom is 0.341 e. The number of fused-ring (bicyclic) bond motifs is 2. The van der Waals surface area contributed by atoms with Gasteiger partial charge in [-0.2, -0.15) is 0 Å². The zero-order valence-electron chi connectivity index (χ0n) is 15.6. The second-order valence-electron chi connectivity index (χ2n) is 7.24. The molecular formula is C19H21F2N3O4. The van der Waals surface area contributed by atoms with E-state index in [4.69, 9.17) is 4.74 Å². The summed E-state index contributed by atoms with van der Waals surface area (Å²) in [4.78, 5) is 27.5. The van der Waals surface area contributed by atoms with Gasteiger partial charge in [0.15, 0.2) is 5.82 Å². The number of pyridine rings is 1. The first-order valence-electron chi connectivity index (χ1n) is 9.18. The Morgan fingerprint density at radius 2 is 2.11 bits per heavy atom. The predicted molar refractivity (Wildman–Crippen MR) is 99.1 cm³/mol. The molecule has 0 saturated carbocycles. The van der Waals surface area contributed by atoms with E-state index >= 15 is 4.39 Å². The van der Waals surface area contributed by atoms with Crippen molar-refractivity contribution >= 4 is 22.6 Å². The fraction of sp³-hybridized carbons (Fsp3) is 0.474. The van der Waals surface area contributed by atoms with Crippen molar-refractivity contribution < 1.29 is 23.4 Å². The number of carboxylic acids is 1. The molecule has 2 saturated heterocycles. The molecule has 1 aromatic heterocycles. The number of benzene rings is 1. The molecule has 1 aromatic carbocycles. The second-order valence-corrected chi connectivity index (χ2v) is 7.24. The van der Waals surface area contributed by atoms with Crippen LogP contribution in [0.3, 0.4) is 0 Å². The minimum atomic E-state index is -1.43. The summed E-state index contributed by atoms with van der Waals surface area (Å²) in [5, 5.41) is 8.95. The molecule has 3 heterocycles. The van der Waals surface area contributed by atoms with Crippen LogP contribution in [0.4, 0.5) is 14.5 Å². The minimum Gasteiger partial charge on any atom is -0.477 e. The lowest BCUT2D eigenvalue weighted by atomic mass is 10.1. The molecule has 2 atom stereocenters. The van der Waals surface area contributed by atoms with E-state index in [0.29, 0.717) is 19.7 Å². The summed E-state index contributed by atoms with van der Waals surface area (Å²) in [7, 11) is 1.96. The zero-order valence-corrected chi connectivity index (χ0v) is 15.6. The van der Waals surface area contributed by atoms with Crippen molar-refractivity contribution in [3.63, 3.8) is 0 Å². The van der Waals surface area contributed by atoms with Gasteiger partial charge in [0.1, 0.15) is 17.1 Å². The average Bonchev–Trinajstić information content (AvgIpc) is 3.07. The third-order valence-corrected chi connectivity index (χ3v) is 5.70. The second kappa shape index (κ2) is 6.82. The van der Waals surface area contributed by atoms with Crippen LogP contribution < -0.4 is 10.3 Å². The fourth-order valence-electron chi connectivity index (χ4n) is 4.21. The molecule has 0 radical (unpaired) electrons. The number of halogens is 2. The summed E-state index contributed by atoms with van der Waals surface area (Å²) < 4.78 is 37.5. The molecular weight excluding hydrogens is 372 g/mol. The van der Waals surface area contributed by atoms with Crippen LogP contribution >= 0.6 is 0 Å². The number of anilines is 1. The molecule has 2 aromatic rings. The Morgan fingerprint density at radius 1 is 1.36 bits per heavy atom. The molecule has 2 fully saturated rings. The molecule has 0 bridgehead atoms. The van der Waals surface area contributed by atoms with E-state index in [1.165, 1.54) is 4.57 Å². The summed E-state index contributed by atoms with van der Waals surface area (Å²) in [5.74, 6) is -3.16. The number of aryl methyl sites for hydroxylation is 1. The molecule has 28 heavy (non-hydrogen) atoms. The van der Waals surface area contributed by atoms with E-state index < -0.39 is 28.6 Å². The van der Waals surface area contributed by atoms with E-state index in [-0.39, 0.29) is 35.3 Å².